The number of hydrogen-bond donors (Lipinski definition) is 2. The van der Waals surface area contributed by atoms with Crippen molar-refractivity contribution in [2.45, 2.75) is 89.3 Å². The molecule has 2 unspecified atom stereocenters. The Labute approximate surface area is 136 Å². The monoisotopic (exact) mass is 308 g/mol. The van der Waals surface area contributed by atoms with E-state index in [4.69, 9.17) is 0 Å². The Bertz CT molecular complexity index is 319. The largest absolute Gasteiger partial charge is 0.396 e. The minimum absolute atomic E-state index is 0.394. The van der Waals surface area contributed by atoms with Crippen molar-refractivity contribution in [3.05, 3.63) is 0 Å². The fourth-order valence-electron chi connectivity index (χ4n) is 5.08. The number of aliphatic hydroxyl groups excluding tert-OH is 1. The summed E-state index contributed by atoms with van der Waals surface area (Å²) in [4.78, 5) is 2.80. The number of hydrogen-bond acceptors (Lipinski definition) is 3. The first-order valence-corrected chi connectivity index (χ1v) is 9.87. The van der Waals surface area contributed by atoms with Gasteiger partial charge in [0.2, 0.25) is 0 Å². The van der Waals surface area contributed by atoms with Crippen LogP contribution in [0.3, 0.4) is 0 Å². The fourth-order valence-corrected chi connectivity index (χ4v) is 5.08. The van der Waals surface area contributed by atoms with Crippen LogP contribution in [0.25, 0.3) is 0 Å². The maximum absolute atomic E-state index is 9.25. The highest BCUT2D eigenvalue weighted by Crippen LogP contribution is 2.30. The van der Waals surface area contributed by atoms with Gasteiger partial charge in [-0.3, -0.25) is 0 Å². The van der Waals surface area contributed by atoms with Crippen LogP contribution in [0.5, 0.6) is 0 Å². The lowest BCUT2D eigenvalue weighted by molar-refractivity contribution is 0.0771. The molecular weight excluding hydrogens is 272 g/mol. The van der Waals surface area contributed by atoms with Gasteiger partial charge in [0.05, 0.1) is 0 Å². The first-order chi connectivity index (χ1) is 10.8. The van der Waals surface area contributed by atoms with E-state index in [1.54, 1.807) is 0 Å². The molecule has 2 aliphatic carbocycles. The minimum atomic E-state index is 0.394. The van der Waals surface area contributed by atoms with Crippen molar-refractivity contribution in [3.8, 4) is 0 Å². The van der Waals surface area contributed by atoms with Gasteiger partial charge in [0.1, 0.15) is 0 Å². The van der Waals surface area contributed by atoms with Gasteiger partial charge in [-0.25, -0.2) is 0 Å². The van der Waals surface area contributed by atoms with Gasteiger partial charge >= 0.3 is 0 Å². The standard InChI is InChI=1S/C19H36N2O/c1-15-4-2-3-5-19(15)21-12-10-18(11-13-21)20-17-8-6-16(14-22)7-9-17/h15-20,22H,2-14H2,1H3. The molecule has 2 atom stereocenters. The van der Waals surface area contributed by atoms with Gasteiger partial charge in [-0.2, -0.15) is 0 Å². The van der Waals surface area contributed by atoms with Crippen molar-refractivity contribution in [3.63, 3.8) is 0 Å². The molecule has 0 amide bonds. The molecule has 0 spiro atoms. The zero-order valence-electron chi connectivity index (χ0n) is 14.5. The molecule has 2 saturated carbocycles. The van der Waals surface area contributed by atoms with Crippen LogP contribution in [-0.4, -0.2) is 47.8 Å². The van der Waals surface area contributed by atoms with Crippen molar-refractivity contribution < 1.29 is 5.11 Å². The third-order valence-corrected chi connectivity index (χ3v) is 6.64. The SMILES string of the molecule is CC1CCCCC1N1CCC(NC2CCC(CO)CC2)CC1. The van der Waals surface area contributed by atoms with Gasteiger partial charge in [-0.1, -0.05) is 19.8 Å². The molecule has 3 aliphatic rings. The zero-order valence-corrected chi connectivity index (χ0v) is 14.5. The Morgan fingerprint density at radius 3 is 2.14 bits per heavy atom. The number of piperidine rings is 1. The Balaban J connectivity index is 1.38. The molecule has 3 rings (SSSR count). The molecule has 0 bridgehead atoms. The number of likely N-dealkylation sites (tertiary alicyclic amines) is 1. The molecule has 1 aliphatic heterocycles. The summed E-state index contributed by atoms with van der Waals surface area (Å²) in [6.45, 7) is 5.47. The second-order valence-corrected chi connectivity index (χ2v) is 8.21. The molecule has 1 heterocycles. The molecule has 2 N–H and O–H groups in total. The summed E-state index contributed by atoms with van der Waals surface area (Å²) in [5.74, 6) is 1.49. The molecule has 22 heavy (non-hydrogen) atoms. The summed E-state index contributed by atoms with van der Waals surface area (Å²) in [6.07, 6.45) is 13.4. The Morgan fingerprint density at radius 2 is 1.50 bits per heavy atom. The van der Waals surface area contributed by atoms with Gasteiger partial charge in [-0.15, -0.1) is 0 Å². The molecule has 128 valence electrons. The van der Waals surface area contributed by atoms with Crippen molar-refractivity contribution in [1.29, 1.82) is 0 Å². The van der Waals surface area contributed by atoms with Gasteiger partial charge in [0.15, 0.2) is 0 Å². The highest BCUT2D eigenvalue weighted by Gasteiger charge is 2.31. The predicted molar refractivity (Wildman–Crippen MR) is 92.0 cm³/mol. The number of rotatable bonds is 4. The summed E-state index contributed by atoms with van der Waals surface area (Å²) in [7, 11) is 0. The lowest BCUT2D eigenvalue weighted by atomic mass is 9.83. The topological polar surface area (TPSA) is 35.5 Å². The van der Waals surface area contributed by atoms with Gasteiger partial charge in [-0.05, 0) is 76.3 Å². The quantitative estimate of drug-likeness (QED) is 0.837. The number of nitrogens with zero attached hydrogens (tertiary/aromatic N) is 1. The predicted octanol–water partition coefficient (Wildman–Crippen LogP) is 3.17. The first kappa shape index (κ1) is 16.7. The van der Waals surface area contributed by atoms with E-state index in [9.17, 15) is 5.11 Å². The Morgan fingerprint density at radius 1 is 0.864 bits per heavy atom. The average Bonchev–Trinajstić information content (AvgIpc) is 2.57. The van der Waals surface area contributed by atoms with Gasteiger partial charge < -0.3 is 15.3 Å². The lowest BCUT2D eigenvalue weighted by Gasteiger charge is -2.43. The number of aliphatic hydroxyl groups is 1. The van der Waals surface area contributed by atoms with Gasteiger partial charge in [0.25, 0.3) is 0 Å². The van der Waals surface area contributed by atoms with Crippen molar-refractivity contribution in [1.82, 2.24) is 10.2 Å². The normalized spacial score (nSPS) is 39.0. The third-order valence-electron chi connectivity index (χ3n) is 6.64. The molecule has 0 aromatic carbocycles. The molecule has 3 nitrogen and oxygen atoms in total. The highest BCUT2D eigenvalue weighted by molar-refractivity contribution is 4.88. The van der Waals surface area contributed by atoms with Crippen LogP contribution in [0.1, 0.15) is 71.1 Å². The van der Waals surface area contributed by atoms with E-state index in [1.807, 2.05) is 0 Å². The molecule has 3 heteroatoms. The van der Waals surface area contributed by atoms with Crippen LogP contribution in [0.15, 0.2) is 0 Å². The second kappa shape index (κ2) is 8.12. The molecular formula is C19H36N2O. The van der Waals surface area contributed by atoms with Crippen LogP contribution in [0.4, 0.5) is 0 Å². The second-order valence-electron chi connectivity index (χ2n) is 8.21. The van der Waals surface area contributed by atoms with Crippen LogP contribution in [-0.2, 0) is 0 Å². The maximum atomic E-state index is 9.25. The van der Waals surface area contributed by atoms with E-state index in [2.05, 4.69) is 17.1 Å². The summed E-state index contributed by atoms with van der Waals surface area (Å²) >= 11 is 0. The van der Waals surface area contributed by atoms with Crippen molar-refractivity contribution >= 4 is 0 Å². The molecule has 0 aromatic heterocycles. The van der Waals surface area contributed by atoms with Crippen LogP contribution in [0, 0.1) is 11.8 Å². The Hall–Kier alpha value is -0.120. The summed E-state index contributed by atoms with van der Waals surface area (Å²) < 4.78 is 0. The summed E-state index contributed by atoms with van der Waals surface area (Å²) in [5, 5.41) is 13.2. The van der Waals surface area contributed by atoms with E-state index < -0.39 is 0 Å². The lowest BCUT2D eigenvalue weighted by Crippen LogP contribution is -2.51. The fraction of sp³-hybridized carbons (Fsp3) is 1.00. The molecule has 0 radical (unpaired) electrons. The number of nitrogens with one attached hydrogen (secondary N) is 1. The van der Waals surface area contributed by atoms with E-state index in [0.717, 1.165) is 18.0 Å². The van der Waals surface area contributed by atoms with Crippen LogP contribution in [0.2, 0.25) is 0 Å². The van der Waals surface area contributed by atoms with E-state index >= 15 is 0 Å². The summed E-state index contributed by atoms with van der Waals surface area (Å²) in [5.41, 5.74) is 0. The van der Waals surface area contributed by atoms with E-state index in [1.165, 1.54) is 77.3 Å². The van der Waals surface area contributed by atoms with Crippen LogP contribution < -0.4 is 5.32 Å². The van der Waals surface area contributed by atoms with Crippen LogP contribution >= 0.6 is 0 Å². The zero-order chi connectivity index (χ0) is 15.4. The molecule has 0 aromatic rings. The smallest absolute Gasteiger partial charge is 0.0459 e. The maximum Gasteiger partial charge on any atom is 0.0459 e. The Kier molecular flexibility index (Phi) is 6.17. The van der Waals surface area contributed by atoms with E-state index in [0.29, 0.717) is 18.6 Å². The van der Waals surface area contributed by atoms with E-state index in [-0.39, 0.29) is 0 Å². The first-order valence-electron chi connectivity index (χ1n) is 9.87. The van der Waals surface area contributed by atoms with Gasteiger partial charge in [0, 0.05) is 24.7 Å². The molecule has 3 fully saturated rings. The molecule has 1 saturated heterocycles. The summed E-state index contributed by atoms with van der Waals surface area (Å²) in [6, 6.07) is 2.33. The highest BCUT2D eigenvalue weighted by atomic mass is 16.3. The average molecular weight is 309 g/mol. The minimum Gasteiger partial charge on any atom is -0.396 e. The third kappa shape index (κ3) is 4.24. The van der Waals surface area contributed by atoms with Crippen molar-refractivity contribution in [2.75, 3.05) is 19.7 Å². The van der Waals surface area contributed by atoms with Crippen molar-refractivity contribution in [2.24, 2.45) is 11.8 Å².